The maximum absolute atomic E-state index is 11.9. The van der Waals surface area contributed by atoms with E-state index >= 15 is 0 Å². The summed E-state index contributed by atoms with van der Waals surface area (Å²) in [7, 11) is 0. The van der Waals surface area contributed by atoms with E-state index in [1.54, 1.807) is 12.1 Å². The number of hydrogen-bond acceptors (Lipinski definition) is 3. The highest BCUT2D eigenvalue weighted by Crippen LogP contribution is 2.36. The molecule has 0 radical (unpaired) electrons. The topological polar surface area (TPSA) is 67.2 Å². The average Bonchev–Trinajstić information content (AvgIpc) is 3.02. The largest absolute Gasteiger partial charge is 0.352 e. The Morgan fingerprint density at radius 2 is 2.19 bits per heavy atom. The Hall–Kier alpha value is -1.55. The van der Waals surface area contributed by atoms with Gasteiger partial charge in [0.25, 0.3) is 5.91 Å². The van der Waals surface area contributed by atoms with Crippen LogP contribution in [0.25, 0.3) is 0 Å². The predicted molar refractivity (Wildman–Crippen MR) is 63.9 cm³/mol. The van der Waals surface area contributed by atoms with Gasteiger partial charge in [-0.25, -0.2) is 0 Å². The Bertz CT molecular complexity index is 392. The monoisotopic (exact) mass is 219 g/mol. The number of nitrogens with two attached hydrogens (primary N) is 1. The Morgan fingerprint density at radius 1 is 1.50 bits per heavy atom. The molecule has 0 heterocycles. The molecule has 0 bridgehead atoms. The van der Waals surface area contributed by atoms with Crippen LogP contribution in [0.4, 0.5) is 5.69 Å². The second kappa shape index (κ2) is 4.53. The van der Waals surface area contributed by atoms with Gasteiger partial charge >= 0.3 is 0 Å². The maximum atomic E-state index is 11.9. The molecule has 86 valence electrons. The Morgan fingerprint density at radius 3 is 2.81 bits per heavy atom. The van der Waals surface area contributed by atoms with Crippen LogP contribution < -0.4 is 16.6 Å². The predicted octanol–water partition coefficient (Wildman–Crippen LogP) is 1.36. The van der Waals surface area contributed by atoms with Crippen molar-refractivity contribution in [1.82, 2.24) is 5.32 Å². The van der Waals surface area contributed by atoms with Crippen molar-refractivity contribution in [1.29, 1.82) is 0 Å². The van der Waals surface area contributed by atoms with Gasteiger partial charge in [-0.3, -0.25) is 10.6 Å². The summed E-state index contributed by atoms with van der Waals surface area (Å²) >= 11 is 0. The van der Waals surface area contributed by atoms with Crippen LogP contribution in [0.1, 0.15) is 23.7 Å². The van der Waals surface area contributed by atoms with Crippen molar-refractivity contribution < 1.29 is 4.79 Å². The molecule has 0 aliphatic heterocycles. The molecule has 4 heteroatoms. The summed E-state index contributed by atoms with van der Waals surface area (Å²) in [5, 5.41) is 2.93. The average molecular weight is 219 g/mol. The van der Waals surface area contributed by atoms with Gasteiger partial charge in [-0.15, -0.1) is 0 Å². The number of nitrogens with one attached hydrogen (secondary N) is 2. The summed E-state index contributed by atoms with van der Waals surface area (Å²) in [4.78, 5) is 11.9. The third-order valence-corrected chi connectivity index (χ3v) is 3.13. The van der Waals surface area contributed by atoms with Crippen molar-refractivity contribution in [2.24, 2.45) is 17.7 Å². The van der Waals surface area contributed by atoms with E-state index in [4.69, 9.17) is 5.84 Å². The van der Waals surface area contributed by atoms with Gasteiger partial charge in [-0.2, -0.15) is 0 Å². The Labute approximate surface area is 95.2 Å². The van der Waals surface area contributed by atoms with Gasteiger partial charge in [-0.1, -0.05) is 19.1 Å². The number of hydrogen-bond donors (Lipinski definition) is 3. The van der Waals surface area contributed by atoms with E-state index in [1.165, 1.54) is 6.42 Å². The lowest BCUT2D eigenvalue weighted by Gasteiger charge is -2.08. The van der Waals surface area contributed by atoms with Crippen molar-refractivity contribution in [2.45, 2.75) is 13.3 Å². The molecule has 1 aliphatic rings. The minimum Gasteiger partial charge on any atom is -0.352 e. The number of rotatable bonds is 4. The second-order valence-electron chi connectivity index (χ2n) is 4.37. The lowest BCUT2D eigenvalue weighted by molar-refractivity contribution is 0.0952. The summed E-state index contributed by atoms with van der Waals surface area (Å²) < 4.78 is 0. The molecule has 2 rings (SSSR count). The molecule has 16 heavy (non-hydrogen) atoms. The molecule has 0 aromatic heterocycles. The summed E-state index contributed by atoms with van der Waals surface area (Å²) in [6.45, 7) is 2.96. The van der Waals surface area contributed by atoms with E-state index in [0.717, 1.165) is 12.5 Å². The number of anilines is 1. The molecule has 4 N–H and O–H groups in total. The van der Waals surface area contributed by atoms with Crippen molar-refractivity contribution in [3.63, 3.8) is 0 Å². The van der Waals surface area contributed by atoms with E-state index in [1.807, 2.05) is 12.1 Å². The number of carbonyl (C=O) groups excluding carboxylic acids is 1. The first kappa shape index (κ1) is 11.0. The normalized spacial score (nSPS) is 22.6. The highest BCUT2D eigenvalue weighted by atomic mass is 16.1. The van der Waals surface area contributed by atoms with Gasteiger partial charge in [0, 0.05) is 6.54 Å². The van der Waals surface area contributed by atoms with Crippen LogP contribution in [-0.2, 0) is 0 Å². The van der Waals surface area contributed by atoms with Crippen LogP contribution in [0, 0.1) is 11.8 Å². The third kappa shape index (κ3) is 2.33. The maximum Gasteiger partial charge on any atom is 0.253 e. The lowest BCUT2D eigenvalue weighted by Crippen LogP contribution is -2.27. The van der Waals surface area contributed by atoms with Gasteiger partial charge in [0.1, 0.15) is 0 Å². The first-order chi connectivity index (χ1) is 7.72. The lowest BCUT2D eigenvalue weighted by atomic mass is 10.1. The van der Waals surface area contributed by atoms with E-state index in [-0.39, 0.29) is 5.91 Å². The molecule has 2 unspecified atom stereocenters. The smallest absolute Gasteiger partial charge is 0.253 e. The Kier molecular flexibility index (Phi) is 3.10. The molecule has 0 saturated heterocycles. The molecular formula is C12H17N3O. The quantitative estimate of drug-likeness (QED) is 0.529. The second-order valence-corrected chi connectivity index (χ2v) is 4.37. The first-order valence-corrected chi connectivity index (χ1v) is 5.56. The zero-order valence-corrected chi connectivity index (χ0v) is 9.36. The zero-order chi connectivity index (χ0) is 11.5. The van der Waals surface area contributed by atoms with Crippen molar-refractivity contribution in [2.75, 3.05) is 12.0 Å². The number of nitrogen functional groups attached to an aromatic ring is 1. The standard InChI is InChI=1S/C12H17N3O/c1-8-6-9(8)7-14-12(16)10-4-2-3-5-11(10)15-13/h2-5,8-9,15H,6-7,13H2,1H3,(H,14,16). The van der Waals surface area contributed by atoms with Crippen LogP contribution in [0.15, 0.2) is 24.3 Å². The summed E-state index contributed by atoms with van der Waals surface area (Å²) in [6.07, 6.45) is 1.22. The van der Waals surface area contributed by atoms with E-state index < -0.39 is 0 Å². The molecule has 1 amide bonds. The molecule has 2 atom stereocenters. The molecule has 1 aromatic rings. The number of carbonyl (C=O) groups is 1. The fourth-order valence-electron chi connectivity index (χ4n) is 1.81. The summed E-state index contributed by atoms with van der Waals surface area (Å²) in [5.41, 5.74) is 3.78. The molecule has 1 saturated carbocycles. The number of benzene rings is 1. The van der Waals surface area contributed by atoms with E-state index in [2.05, 4.69) is 17.7 Å². The minimum absolute atomic E-state index is 0.0624. The molecule has 1 aromatic carbocycles. The first-order valence-electron chi connectivity index (χ1n) is 5.56. The minimum atomic E-state index is -0.0624. The number of para-hydroxylation sites is 1. The van der Waals surface area contributed by atoms with Crippen molar-refractivity contribution in [3.05, 3.63) is 29.8 Å². The van der Waals surface area contributed by atoms with Crippen LogP contribution in [0.5, 0.6) is 0 Å². The van der Waals surface area contributed by atoms with E-state index in [0.29, 0.717) is 17.2 Å². The summed E-state index contributed by atoms with van der Waals surface area (Å²) in [5.74, 6) is 6.69. The third-order valence-electron chi connectivity index (χ3n) is 3.13. The molecule has 1 aliphatic carbocycles. The van der Waals surface area contributed by atoms with E-state index in [9.17, 15) is 4.79 Å². The highest BCUT2D eigenvalue weighted by molar-refractivity contribution is 5.99. The molecule has 1 fully saturated rings. The fourth-order valence-corrected chi connectivity index (χ4v) is 1.81. The highest BCUT2D eigenvalue weighted by Gasteiger charge is 2.32. The van der Waals surface area contributed by atoms with Crippen LogP contribution in [0.2, 0.25) is 0 Å². The number of amides is 1. The summed E-state index contributed by atoms with van der Waals surface area (Å²) in [6, 6.07) is 7.22. The van der Waals surface area contributed by atoms with Gasteiger partial charge in [0.05, 0.1) is 11.3 Å². The molecular weight excluding hydrogens is 202 g/mol. The van der Waals surface area contributed by atoms with Crippen LogP contribution in [-0.4, -0.2) is 12.5 Å². The Balaban J connectivity index is 1.97. The fraction of sp³-hybridized carbons (Fsp3) is 0.417. The van der Waals surface area contributed by atoms with Gasteiger partial charge in [0.15, 0.2) is 0 Å². The SMILES string of the molecule is CC1CC1CNC(=O)c1ccccc1NN. The van der Waals surface area contributed by atoms with Gasteiger partial charge < -0.3 is 10.7 Å². The van der Waals surface area contributed by atoms with Crippen LogP contribution in [0.3, 0.4) is 0 Å². The van der Waals surface area contributed by atoms with Gasteiger partial charge in [0.2, 0.25) is 0 Å². The van der Waals surface area contributed by atoms with Gasteiger partial charge in [-0.05, 0) is 30.4 Å². The molecule has 0 spiro atoms. The molecule has 4 nitrogen and oxygen atoms in total. The number of hydrazine groups is 1. The van der Waals surface area contributed by atoms with Crippen LogP contribution >= 0.6 is 0 Å². The zero-order valence-electron chi connectivity index (χ0n) is 9.36. The van der Waals surface area contributed by atoms with Crippen molar-refractivity contribution >= 4 is 11.6 Å². The van der Waals surface area contributed by atoms with Crippen molar-refractivity contribution in [3.8, 4) is 0 Å².